The number of amides is 1. The first kappa shape index (κ1) is 16.2. The fourth-order valence-corrected chi connectivity index (χ4v) is 1.76. The SMILES string of the molecule is CC(C)OCC(=O)NC(c1ccccc1)C(C)C(=O)O. The first-order chi connectivity index (χ1) is 9.41. The molecule has 0 aliphatic heterocycles. The summed E-state index contributed by atoms with van der Waals surface area (Å²) in [6, 6.07) is 8.50. The fraction of sp³-hybridized carbons (Fsp3) is 0.467. The van der Waals surface area contributed by atoms with E-state index in [0.717, 1.165) is 5.56 Å². The Kier molecular flexibility index (Phi) is 6.18. The van der Waals surface area contributed by atoms with E-state index in [2.05, 4.69) is 5.32 Å². The molecule has 0 fully saturated rings. The van der Waals surface area contributed by atoms with Gasteiger partial charge in [0.05, 0.1) is 18.1 Å². The van der Waals surface area contributed by atoms with Crippen molar-refractivity contribution in [1.29, 1.82) is 0 Å². The summed E-state index contributed by atoms with van der Waals surface area (Å²) in [6.45, 7) is 5.17. The van der Waals surface area contributed by atoms with E-state index in [1.165, 1.54) is 0 Å². The van der Waals surface area contributed by atoms with Gasteiger partial charge in [0.2, 0.25) is 5.91 Å². The number of hydrogen-bond donors (Lipinski definition) is 2. The Morgan fingerprint density at radius 3 is 2.30 bits per heavy atom. The Balaban J connectivity index is 2.79. The van der Waals surface area contributed by atoms with Gasteiger partial charge in [0.25, 0.3) is 0 Å². The minimum absolute atomic E-state index is 0.0483. The maximum absolute atomic E-state index is 11.8. The number of nitrogens with one attached hydrogen (secondary N) is 1. The number of benzene rings is 1. The summed E-state index contributed by atoms with van der Waals surface area (Å²) in [5, 5.41) is 11.9. The van der Waals surface area contributed by atoms with Crippen LogP contribution in [-0.4, -0.2) is 29.7 Å². The zero-order chi connectivity index (χ0) is 15.1. The highest BCUT2D eigenvalue weighted by Gasteiger charge is 2.26. The van der Waals surface area contributed by atoms with Gasteiger partial charge in [-0.1, -0.05) is 30.3 Å². The number of ether oxygens (including phenoxy) is 1. The minimum Gasteiger partial charge on any atom is -0.481 e. The molecule has 20 heavy (non-hydrogen) atoms. The molecule has 110 valence electrons. The second kappa shape index (κ2) is 7.65. The molecule has 0 saturated heterocycles. The van der Waals surface area contributed by atoms with E-state index in [-0.39, 0.29) is 18.6 Å². The Hall–Kier alpha value is -1.88. The van der Waals surface area contributed by atoms with Crippen LogP contribution in [0.5, 0.6) is 0 Å². The van der Waals surface area contributed by atoms with Crippen molar-refractivity contribution >= 4 is 11.9 Å². The largest absolute Gasteiger partial charge is 0.481 e. The summed E-state index contributed by atoms with van der Waals surface area (Å²) in [7, 11) is 0. The quantitative estimate of drug-likeness (QED) is 0.800. The standard InChI is InChI=1S/C15H21NO4/c1-10(2)20-9-13(17)16-14(11(3)15(18)19)12-7-5-4-6-8-12/h4-8,10-11,14H,9H2,1-3H3,(H,16,17)(H,18,19). The maximum atomic E-state index is 11.8. The van der Waals surface area contributed by atoms with E-state index >= 15 is 0 Å². The van der Waals surface area contributed by atoms with Gasteiger partial charge in [-0.25, -0.2) is 0 Å². The third kappa shape index (κ3) is 5.01. The van der Waals surface area contributed by atoms with Crippen molar-refractivity contribution in [3.05, 3.63) is 35.9 Å². The van der Waals surface area contributed by atoms with Crippen LogP contribution in [0.25, 0.3) is 0 Å². The van der Waals surface area contributed by atoms with Crippen LogP contribution in [0.15, 0.2) is 30.3 Å². The Morgan fingerprint density at radius 1 is 1.20 bits per heavy atom. The van der Waals surface area contributed by atoms with E-state index in [0.29, 0.717) is 0 Å². The number of carbonyl (C=O) groups excluding carboxylic acids is 1. The van der Waals surface area contributed by atoms with E-state index < -0.39 is 17.9 Å². The molecule has 0 saturated carbocycles. The lowest BCUT2D eigenvalue weighted by Gasteiger charge is -2.23. The molecule has 0 bridgehead atoms. The maximum Gasteiger partial charge on any atom is 0.308 e. The first-order valence-corrected chi connectivity index (χ1v) is 6.60. The molecule has 0 aliphatic carbocycles. The number of carboxylic acids is 1. The first-order valence-electron chi connectivity index (χ1n) is 6.60. The molecule has 0 radical (unpaired) electrons. The second-order valence-corrected chi connectivity index (χ2v) is 4.94. The average Bonchev–Trinajstić information content (AvgIpc) is 2.42. The van der Waals surface area contributed by atoms with Crippen molar-refractivity contribution in [3.63, 3.8) is 0 Å². The van der Waals surface area contributed by atoms with Crippen LogP contribution in [-0.2, 0) is 14.3 Å². The van der Waals surface area contributed by atoms with E-state index in [4.69, 9.17) is 9.84 Å². The van der Waals surface area contributed by atoms with Crippen molar-refractivity contribution in [1.82, 2.24) is 5.32 Å². The van der Waals surface area contributed by atoms with Crippen LogP contribution in [0.4, 0.5) is 0 Å². The van der Waals surface area contributed by atoms with Gasteiger partial charge in [-0.2, -0.15) is 0 Å². The molecule has 5 nitrogen and oxygen atoms in total. The number of hydrogen-bond acceptors (Lipinski definition) is 3. The van der Waals surface area contributed by atoms with Crippen molar-refractivity contribution in [2.75, 3.05) is 6.61 Å². The molecular formula is C15H21NO4. The molecular weight excluding hydrogens is 258 g/mol. The second-order valence-electron chi connectivity index (χ2n) is 4.94. The van der Waals surface area contributed by atoms with Gasteiger partial charge in [-0.05, 0) is 26.3 Å². The van der Waals surface area contributed by atoms with Crippen LogP contribution in [0, 0.1) is 5.92 Å². The molecule has 1 rings (SSSR count). The van der Waals surface area contributed by atoms with Gasteiger partial charge in [0.15, 0.2) is 0 Å². The average molecular weight is 279 g/mol. The highest BCUT2D eigenvalue weighted by Crippen LogP contribution is 2.22. The van der Waals surface area contributed by atoms with Crippen LogP contribution in [0.3, 0.4) is 0 Å². The molecule has 0 aliphatic rings. The lowest BCUT2D eigenvalue weighted by molar-refractivity contribution is -0.142. The van der Waals surface area contributed by atoms with Gasteiger partial charge in [-0.3, -0.25) is 9.59 Å². The molecule has 1 aromatic rings. The van der Waals surface area contributed by atoms with Crippen molar-refractivity contribution < 1.29 is 19.4 Å². The van der Waals surface area contributed by atoms with Crippen LogP contribution in [0.2, 0.25) is 0 Å². The molecule has 0 heterocycles. The lowest BCUT2D eigenvalue weighted by atomic mass is 9.94. The van der Waals surface area contributed by atoms with E-state index in [1.54, 1.807) is 19.1 Å². The smallest absolute Gasteiger partial charge is 0.308 e. The number of aliphatic carboxylic acids is 1. The third-order valence-electron chi connectivity index (χ3n) is 2.91. The highest BCUT2D eigenvalue weighted by molar-refractivity contribution is 5.79. The molecule has 0 aromatic heterocycles. The topological polar surface area (TPSA) is 75.6 Å². The van der Waals surface area contributed by atoms with E-state index in [1.807, 2.05) is 32.0 Å². The molecule has 5 heteroatoms. The number of rotatable bonds is 7. The normalized spacial score (nSPS) is 13.8. The zero-order valence-electron chi connectivity index (χ0n) is 12.0. The monoisotopic (exact) mass is 279 g/mol. The number of carboxylic acid groups (broad SMARTS) is 1. The van der Waals surface area contributed by atoms with Gasteiger partial charge in [0, 0.05) is 0 Å². The molecule has 2 unspecified atom stereocenters. The lowest BCUT2D eigenvalue weighted by Crippen LogP contribution is -2.37. The van der Waals surface area contributed by atoms with Gasteiger partial charge >= 0.3 is 5.97 Å². The molecule has 1 amide bonds. The molecule has 0 spiro atoms. The van der Waals surface area contributed by atoms with E-state index in [9.17, 15) is 9.59 Å². The van der Waals surface area contributed by atoms with Gasteiger partial charge < -0.3 is 15.2 Å². The van der Waals surface area contributed by atoms with Crippen LogP contribution < -0.4 is 5.32 Å². The number of carbonyl (C=O) groups is 2. The van der Waals surface area contributed by atoms with Crippen LogP contribution in [0.1, 0.15) is 32.4 Å². The predicted octanol–water partition coefficient (Wildman–Crippen LogP) is 1.99. The van der Waals surface area contributed by atoms with Gasteiger partial charge in [-0.15, -0.1) is 0 Å². The zero-order valence-corrected chi connectivity index (χ0v) is 12.0. The third-order valence-corrected chi connectivity index (χ3v) is 2.91. The van der Waals surface area contributed by atoms with Crippen molar-refractivity contribution in [3.8, 4) is 0 Å². The summed E-state index contributed by atoms with van der Waals surface area (Å²) >= 11 is 0. The summed E-state index contributed by atoms with van der Waals surface area (Å²) in [5.41, 5.74) is 0.764. The highest BCUT2D eigenvalue weighted by atomic mass is 16.5. The Morgan fingerprint density at radius 2 is 1.80 bits per heavy atom. The minimum atomic E-state index is -0.955. The van der Waals surface area contributed by atoms with Crippen molar-refractivity contribution in [2.24, 2.45) is 5.92 Å². The summed E-state index contributed by atoms with van der Waals surface area (Å²) < 4.78 is 5.22. The predicted molar refractivity (Wildman–Crippen MR) is 75.2 cm³/mol. The fourth-order valence-electron chi connectivity index (χ4n) is 1.76. The molecule has 2 atom stereocenters. The Bertz CT molecular complexity index is 444. The summed E-state index contributed by atoms with van der Waals surface area (Å²) in [5.74, 6) is -2.00. The molecule has 2 N–H and O–H groups in total. The van der Waals surface area contributed by atoms with Crippen molar-refractivity contribution in [2.45, 2.75) is 32.9 Å². The molecule has 1 aromatic carbocycles. The summed E-state index contributed by atoms with van der Waals surface area (Å²) in [6.07, 6.45) is -0.0483. The van der Waals surface area contributed by atoms with Gasteiger partial charge in [0.1, 0.15) is 6.61 Å². The summed E-state index contributed by atoms with van der Waals surface area (Å²) in [4.78, 5) is 23.0. The Labute approximate surface area is 118 Å². The van der Waals surface area contributed by atoms with Crippen LogP contribution >= 0.6 is 0 Å².